The summed E-state index contributed by atoms with van der Waals surface area (Å²) in [4.78, 5) is 20.5. The van der Waals surface area contributed by atoms with Crippen molar-refractivity contribution in [1.82, 2.24) is 9.88 Å². The summed E-state index contributed by atoms with van der Waals surface area (Å²) in [5.41, 5.74) is 4.45. The Balaban J connectivity index is 1.48. The molecule has 1 aliphatic rings. The van der Waals surface area contributed by atoms with E-state index in [1.54, 1.807) is 24.1 Å². The van der Waals surface area contributed by atoms with E-state index in [0.29, 0.717) is 59.7 Å². The van der Waals surface area contributed by atoms with Gasteiger partial charge in [-0.2, -0.15) is 5.26 Å². The number of rotatable bonds is 5. The Morgan fingerprint density at radius 1 is 1.03 bits per heavy atom. The van der Waals surface area contributed by atoms with E-state index in [9.17, 15) is 10.1 Å². The zero-order valence-corrected chi connectivity index (χ0v) is 21.2. The quantitative estimate of drug-likeness (QED) is 0.371. The zero-order valence-electron chi connectivity index (χ0n) is 21.2. The highest BCUT2D eigenvalue weighted by atomic mass is 19.1. The Morgan fingerprint density at radius 2 is 1.73 bits per heavy atom. The van der Waals surface area contributed by atoms with Crippen molar-refractivity contribution in [2.24, 2.45) is 0 Å². The fourth-order valence-electron chi connectivity index (χ4n) is 5.07. The van der Waals surface area contributed by atoms with Crippen LogP contribution in [0.5, 0.6) is 5.75 Å². The Hall–Kier alpha value is -4.31. The van der Waals surface area contributed by atoms with Crippen LogP contribution in [0, 0.1) is 17.1 Å². The molecule has 1 aromatic heterocycles. The summed E-state index contributed by atoms with van der Waals surface area (Å²) in [5, 5.41) is 10.1. The van der Waals surface area contributed by atoms with E-state index in [0.717, 1.165) is 16.8 Å². The van der Waals surface area contributed by atoms with Crippen molar-refractivity contribution in [3.8, 4) is 22.9 Å². The van der Waals surface area contributed by atoms with Crippen molar-refractivity contribution in [2.75, 3.05) is 38.2 Å². The van der Waals surface area contributed by atoms with Gasteiger partial charge in [0.25, 0.3) is 5.91 Å². The number of hydrogen-bond donors (Lipinski definition) is 1. The molecule has 0 atom stereocenters. The molecule has 1 fully saturated rings. The van der Waals surface area contributed by atoms with Crippen LogP contribution in [0.2, 0.25) is 0 Å². The summed E-state index contributed by atoms with van der Waals surface area (Å²) in [7, 11) is 1.61. The molecule has 37 heavy (non-hydrogen) atoms. The molecule has 188 valence electrons. The number of carbonyl (C=O) groups is 1. The minimum atomic E-state index is -0.333. The second kappa shape index (κ2) is 9.98. The van der Waals surface area contributed by atoms with Gasteiger partial charge in [0, 0.05) is 37.1 Å². The molecule has 1 N–H and O–H groups in total. The first-order chi connectivity index (χ1) is 17.9. The van der Waals surface area contributed by atoms with Crippen LogP contribution in [-0.2, 0) is 0 Å². The van der Waals surface area contributed by atoms with Crippen molar-refractivity contribution in [3.05, 3.63) is 83.3 Å². The van der Waals surface area contributed by atoms with Gasteiger partial charge in [0.1, 0.15) is 17.5 Å². The highest BCUT2D eigenvalue weighted by molar-refractivity contribution is 6.04. The van der Waals surface area contributed by atoms with Crippen LogP contribution < -0.4 is 9.64 Å². The molecule has 0 unspecified atom stereocenters. The van der Waals surface area contributed by atoms with Crippen LogP contribution >= 0.6 is 0 Å². The number of nitrogens with zero attached hydrogens (tertiary/aromatic N) is 3. The number of hydrogen-bond acceptors (Lipinski definition) is 4. The van der Waals surface area contributed by atoms with Crippen LogP contribution in [0.3, 0.4) is 0 Å². The molecule has 3 aromatic carbocycles. The third kappa shape index (κ3) is 4.40. The van der Waals surface area contributed by atoms with Crippen molar-refractivity contribution in [3.63, 3.8) is 0 Å². The number of ether oxygens (including phenoxy) is 1. The van der Waals surface area contributed by atoms with Crippen molar-refractivity contribution >= 4 is 22.5 Å². The highest BCUT2D eigenvalue weighted by Crippen LogP contribution is 2.39. The molecule has 1 saturated heterocycles. The van der Waals surface area contributed by atoms with Crippen molar-refractivity contribution < 1.29 is 13.9 Å². The zero-order chi connectivity index (χ0) is 26.1. The van der Waals surface area contributed by atoms with Crippen LogP contribution in [0.4, 0.5) is 10.1 Å². The summed E-state index contributed by atoms with van der Waals surface area (Å²) in [6, 6.07) is 21.0. The van der Waals surface area contributed by atoms with E-state index in [2.05, 4.69) is 16.0 Å². The third-order valence-corrected chi connectivity index (χ3v) is 7.06. The van der Waals surface area contributed by atoms with Gasteiger partial charge in [0.15, 0.2) is 5.82 Å². The number of benzene rings is 3. The molecular formula is C30H29FN4O2. The number of para-hydroxylation sites is 2. The van der Waals surface area contributed by atoms with Gasteiger partial charge in [-0.05, 0) is 47.4 Å². The Morgan fingerprint density at radius 3 is 2.43 bits per heavy atom. The fourth-order valence-corrected chi connectivity index (χ4v) is 5.07. The number of piperazine rings is 1. The number of amides is 1. The highest BCUT2D eigenvalue weighted by Gasteiger charge is 2.26. The minimum absolute atomic E-state index is 0.0373. The van der Waals surface area contributed by atoms with E-state index >= 15 is 4.39 Å². The maximum Gasteiger partial charge on any atom is 0.270 e. The second-order valence-electron chi connectivity index (χ2n) is 9.56. The Bertz CT molecular complexity index is 1510. The number of halogens is 1. The lowest BCUT2D eigenvalue weighted by molar-refractivity contribution is 0.0742. The van der Waals surface area contributed by atoms with Gasteiger partial charge in [-0.25, -0.2) is 4.39 Å². The molecular weight excluding hydrogens is 467 g/mol. The lowest BCUT2D eigenvalue weighted by atomic mass is 9.93. The lowest BCUT2D eigenvalue weighted by Gasteiger charge is -2.36. The van der Waals surface area contributed by atoms with E-state index in [-0.39, 0.29) is 17.6 Å². The van der Waals surface area contributed by atoms with E-state index in [4.69, 9.17) is 4.74 Å². The number of nitrogens with one attached hydrogen (secondary N) is 1. The molecule has 2 heterocycles. The molecule has 5 rings (SSSR count). The molecule has 0 saturated carbocycles. The number of anilines is 1. The minimum Gasteiger partial charge on any atom is -0.496 e. The summed E-state index contributed by atoms with van der Waals surface area (Å²) in [6.45, 7) is 6.15. The van der Waals surface area contributed by atoms with Gasteiger partial charge in [-0.15, -0.1) is 0 Å². The second-order valence-corrected chi connectivity index (χ2v) is 9.56. The molecule has 6 nitrogen and oxygen atoms in total. The predicted molar refractivity (Wildman–Crippen MR) is 144 cm³/mol. The first-order valence-electron chi connectivity index (χ1n) is 12.4. The summed E-state index contributed by atoms with van der Waals surface area (Å²) in [6.07, 6.45) is 0. The summed E-state index contributed by atoms with van der Waals surface area (Å²) < 4.78 is 21.2. The standard InChI is InChI=1S/C30H29FN4O2/c1-19(2)22-16-23(21-9-5-7-11-27(21)37-3)24-17-25(33-29(24)28(22)31)30(36)35-14-12-34(13-15-35)26-10-6-4-8-20(26)18-32/h4-11,16-17,19,33H,12-15H2,1-3H3. The van der Waals surface area contributed by atoms with Crippen LogP contribution in [0.25, 0.3) is 22.0 Å². The average Bonchev–Trinajstić information content (AvgIpc) is 3.39. The fraction of sp³-hybridized carbons (Fsp3) is 0.267. The number of methoxy groups -OCH3 is 1. The molecule has 7 heteroatoms. The molecule has 1 amide bonds. The van der Waals surface area contributed by atoms with Crippen LogP contribution in [-0.4, -0.2) is 49.1 Å². The summed E-state index contributed by atoms with van der Waals surface area (Å²) >= 11 is 0. The van der Waals surface area contributed by atoms with Crippen molar-refractivity contribution in [2.45, 2.75) is 19.8 Å². The number of carbonyl (C=O) groups excluding carboxylic acids is 1. The smallest absolute Gasteiger partial charge is 0.270 e. The van der Waals surface area contributed by atoms with Gasteiger partial charge >= 0.3 is 0 Å². The first kappa shape index (κ1) is 24.4. The number of H-pyrrole nitrogens is 1. The normalized spacial score (nSPS) is 13.7. The van der Waals surface area contributed by atoms with E-state index in [1.165, 1.54) is 0 Å². The van der Waals surface area contributed by atoms with Crippen LogP contribution in [0.15, 0.2) is 60.7 Å². The third-order valence-electron chi connectivity index (χ3n) is 7.06. The Kier molecular flexibility index (Phi) is 6.58. The molecule has 1 aliphatic heterocycles. The van der Waals surface area contributed by atoms with Gasteiger partial charge in [-0.3, -0.25) is 4.79 Å². The molecule has 0 aliphatic carbocycles. The number of fused-ring (bicyclic) bond motifs is 1. The first-order valence-corrected chi connectivity index (χ1v) is 12.4. The van der Waals surface area contributed by atoms with Gasteiger partial charge in [-0.1, -0.05) is 44.2 Å². The van der Waals surface area contributed by atoms with Crippen LogP contribution in [0.1, 0.15) is 41.4 Å². The average molecular weight is 497 g/mol. The predicted octanol–water partition coefficient (Wildman–Crippen LogP) is 5.94. The topological polar surface area (TPSA) is 72.4 Å². The lowest BCUT2D eigenvalue weighted by Crippen LogP contribution is -2.49. The SMILES string of the molecule is COc1ccccc1-c1cc(C(C)C)c(F)c2[nH]c(C(=O)N3CCN(c4ccccc4C#N)CC3)cc12. The number of nitriles is 1. The molecule has 4 aromatic rings. The van der Waals surface area contributed by atoms with Gasteiger partial charge < -0.3 is 19.5 Å². The van der Waals surface area contributed by atoms with Crippen molar-refractivity contribution in [1.29, 1.82) is 5.26 Å². The Labute approximate surface area is 215 Å². The van der Waals surface area contributed by atoms with Gasteiger partial charge in [0.05, 0.1) is 23.9 Å². The van der Waals surface area contributed by atoms with Gasteiger partial charge in [0.2, 0.25) is 0 Å². The van der Waals surface area contributed by atoms with E-state index < -0.39 is 0 Å². The number of aromatic amines is 1. The van der Waals surface area contributed by atoms with E-state index in [1.807, 2.05) is 62.4 Å². The summed E-state index contributed by atoms with van der Waals surface area (Å²) in [5.74, 6) is 0.152. The maximum absolute atomic E-state index is 15.6. The maximum atomic E-state index is 15.6. The molecule has 0 bridgehead atoms. The largest absolute Gasteiger partial charge is 0.496 e. The number of aromatic nitrogens is 1. The molecule has 0 spiro atoms. The monoisotopic (exact) mass is 496 g/mol. The molecule has 0 radical (unpaired) electrons.